The molecule has 9 heteroatoms. The summed E-state index contributed by atoms with van der Waals surface area (Å²) >= 11 is 0. The summed E-state index contributed by atoms with van der Waals surface area (Å²) in [4.78, 5) is 12.2. The minimum Gasteiger partial charge on any atom is -0.350 e. The summed E-state index contributed by atoms with van der Waals surface area (Å²) < 4.78 is 26.4. The van der Waals surface area contributed by atoms with E-state index in [-0.39, 0.29) is 11.8 Å². The van der Waals surface area contributed by atoms with E-state index in [0.29, 0.717) is 12.2 Å². The lowest BCUT2D eigenvalue weighted by molar-refractivity contribution is -0.122. The SMILES string of the molecule is CCC(C)(C)NC(=O)C(C)S(=O)(=O)Cc1nnnn1C1CC1. The number of hydrogen-bond donors (Lipinski definition) is 1. The molecule has 2 rings (SSSR count). The molecule has 1 amide bonds. The number of tetrazole rings is 1. The van der Waals surface area contributed by atoms with Gasteiger partial charge in [0.05, 0.1) is 6.04 Å². The van der Waals surface area contributed by atoms with Gasteiger partial charge in [-0.3, -0.25) is 4.79 Å². The average Bonchev–Trinajstić information content (AvgIpc) is 3.18. The van der Waals surface area contributed by atoms with Crippen LogP contribution in [0.1, 0.15) is 58.8 Å². The molecular formula is C13H23N5O3S. The van der Waals surface area contributed by atoms with Gasteiger partial charge in [0.25, 0.3) is 0 Å². The molecule has 0 aromatic carbocycles. The highest BCUT2D eigenvalue weighted by Crippen LogP contribution is 2.34. The van der Waals surface area contributed by atoms with Crippen molar-refractivity contribution in [2.75, 3.05) is 0 Å². The molecule has 1 N–H and O–H groups in total. The van der Waals surface area contributed by atoms with Crippen LogP contribution in [0.3, 0.4) is 0 Å². The quantitative estimate of drug-likeness (QED) is 0.785. The number of sulfone groups is 1. The van der Waals surface area contributed by atoms with E-state index < -0.39 is 26.5 Å². The van der Waals surface area contributed by atoms with Crippen LogP contribution in [0.15, 0.2) is 0 Å². The third-order valence-electron chi connectivity index (χ3n) is 4.04. The summed E-state index contributed by atoms with van der Waals surface area (Å²) in [7, 11) is -3.67. The van der Waals surface area contributed by atoms with Gasteiger partial charge in [-0.15, -0.1) is 5.10 Å². The fraction of sp³-hybridized carbons (Fsp3) is 0.846. The zero-order valence-corrected chi connectivity index (χ0v) is 14.2. The molecule has 0 radical (unpaired) electrons. The molecule has 124 valence electrons. The van der Waals surface area contributed by atoms with E-state index in [2.05, 4.69) is 20.8 Å². The van der Waals surface area contributed by atoms with Gasteiger partial charge in [-0.25, -0.2) is 13.1 Å². The van der Waals surface area contributed by atoms with Crippen molar-refractivity contribution in [1.82, 2.24) is 25.5 Å². The van der Waals surface area contributed by atoms with Gasteiger partial charge in [0, 0.05) is 5.54 Å². The average molecular weight is 329 g/mol. The van der Waals surface area contributed by atoms with Crippen molar-refractivity contribution in [2.24, 2.45) is 0 Å². The standard InChI is InChI=1S/C13H23N5O3S/c1-5-13(3,4)14-12(19)9(2)22(20,21)8-11-15-16-17-18(11)10-6-7-10/h9-10H,5-8H2,1-4H3,(H,14,19). The summed E-state index contributed by atoms with van der Waals surface area (Å²) in [5.74, 6) is -0.508. The van der Waals surface area contributed by atoms with Crippen molar-refractivity contribution in [3.63, 3.8) is 0 Å². The Morgan fingerprint density at radius 3 is 2.64 bits per heavy atom. The molecule has 0 bridgehead atoms. The van der Waals surface area contributed by atoms with Crippen molar-refractivity contribution in [2.45, 2.75) is 69.5 Å². The normalized spacial score (nSPS) is 17.3. The second-order valence-electron chi connectivity index (χ2n) is 6.45. The lowest BCUT2D eigenvalue weighted by Gasteiger charge is -2.26. The van der Waals surface area contributed by atoms with Crippen molar-refractivity contribution in [1.29, 1.82) is 0 Å². The van der Waals surface area contributed by atoms with Crippen LogP contribution in [-0.4, -0.2) is 45.3 Å². The maximum atomic E-state index is 12.4. The molecule has 0 saturated heterocycles. The second-order valence-corrected chi connectivity index (χ2v) is 8.77. The second kappa shape index (κ2) is 5.94. The van der Waals surface area contributed by atoms with Gasteiger partial charge in [0.15, 0.2) is 15.7 Å². The lowest BCUT2D eigenvalue weighted by Crippen LogP contribution is -2.48. The van der Waals surface area contributed by atoms with E-state index in [4.69, 9.17) is 0 Å². The highest BCUT2D eigenvalue weighted by Gasteiger charge is 2.34. The highest BCUT2D eigenvalue weighted by molar-refractivity contribution is 7.92. The highest BCUT2D eigenvalue weighted by atomic mass is 32.2. The van der Waals surface area contributed by atoms with Gasteiger partial charge in [-0.1, -0.05) is 6.92 Å². The van der Waals surface area contributed by atoms with Gasteiger partial charge in [0.1, 0.15) is 11.0 Å². The zero-order valence-electron chi connectivity index (χ0n) is 13.4. The van der Waals surface area contributed by atoms with Crippen LogP contribution in [0.25, 0.3) is 0 Å². The number of amides is 1. The summed E-state index contributed by atoms with van der Waals surface area (Å²) in [6, 6.07) is 0.198. The Morgan fingerprint density at radius 2 is 2.09 bits per heavy atom. The van der Waals surface area contributed by atoms with E-state index in [1.165, 1.54) is 6.92 Å². The fourth-order valence-electron chi connectivity index (χ4n) is 1.90. The minimum atomic E-state index is -3.67. The molecule has 0 spiro atoms. The smallest absolute Gasteiger partial charge is 0.238 e. The summed E-state index contributed by atoms with van der Waals surface area (Å²) in [6.45, 7) is 7.06. The topological polar surface area (TPSA) is 107 Å². The number of nitrogens with one attached hydrogen (secondary N) is 1. The van der Waals surface area contributed by atoms with Gasteiger partial charge < -0.3 is 5.32 Å². The minimum absolute atomic E-state index is 0.198. The first-order valence-corrected chi connectivity index (χ1v) is 9.18. The molecule has 1 unspecified atom stereocenters. The van der Waals surface area contributed by atoms with E-state index >= 15 is 0 Å². The van der Waals surface area contributed by atoms with Crippen LogP contribution < -0.4 is 5.32 Å². The van der Waals surface area contributed by atoms with Crippen LogP contribution in [0, 0.1) is 0 Å². The number of carbonyl (C=O) groups is 1. The first kappa shape index (κ1) is 16.9. The molecule has 1 aliphatic rings. The van der Waals surface area contributed by atoms with Gasteiger partial charge in [-0.05, 0) is 50.5 Å². The maximum absolute atomic E-state index is 12.4. The molecule has 1 aromatic rings. The number of nitrogens with zero attached hydrogens (tertiary/aromatic N) is 4. The van der Waals surface area contributed by atoms with Gasteiger partial charge >= 0.3 is 0 Å². The lowest BCUT2D eigenvalue weighted by atomic mass is 10.0. The Labute approximate surface area is 130 Å². The van der Waals surface area contributed by atoms with Gasteiger partial charge in [0.2, 0.25) is 5.91 Å². The van der Waals surface area contributed by atoms with Crippen molar-refractivity contribution in [3.05, 3.63) is 5.82 Å². The Kier molecular flexibility index (Phi) is 4.55. The third-order valence-corrected chi connectivity index (χ3v) is 5.99. The molecule has 8 nitrogen and oxygen atoms in total. The first-order valence-electron chi connectivity index (χ1n) is 7.46. The van der Waals surface area contributed by atoms with Crippen LogP contribution in [0.5, 0.6) is 0 Å². The summed E-state index contributed by atoms with van der Waals surface area (Å²) in [5.41, 5.74) is -0.434. The van der Waals surface area contributed by atoms with Crippen LogP contribution in [0.2, 0.25) is 0 Å². The summed E-state index contributed by atoms with van der Waals surface area (Å²) in [5, 5.41) is 12.8. The zero-order chi connectivity index (χ0) is 16.5. The van der Waals surface area contributed by atoms with Crippen LogP contribution >= 0.6 is 0 Å². The molecule has 1 atom stereocenters. The predicted molar refractivity (Wildman–Crippen MR) is 80.7 cm³/mol. The number of hydrogen-bond acceptors (Lipinski definition) is 6. The van der Waals surface area contributed by atoms with Crippen molar-refractivity contribution in [3.8, 4) is 0 Å². The maximum Gasteiger partial charge on any atom is 0.238 e. The molecule has 22 heavy (non-hydrogen) atoms. The Balaban J connectivity index is 2.08. The van der Waals surface area contributed by atoms with Crippen LogP contribution in [0.4, 0.5) is 0 Å². The van der Waals surface area contributed by atoms with Crippen molar-refractivity contribution < 1.29 is 13.2 Å². The monoisotopic (exact) mass is 329 g/mol. The third kappa shape index (κ3) is 3.82. The molecule has 1 heterocycles. The van der Waals surface area contributed by atoms with E-state index in [9.17, 15) is 13.2 Å². The summed E-state index contributed by atoms with van der Waals surface area (Å²) in [6.07, 6.45) is 2.63. The molecule has 1 saturated carbocycles. The first-order chi connectivity index (χ1) is 10.2. The van der Waals surface area contributed by atoms with Crippen LogP contribution in [-0.2, 0) is 20.4 Å². The molecular weight excluding hydrogens is 306 g/mol. The van der Waals surface area contributed by atoms with E-state index in [0.717, 1.165) is 12.8 Å². The molecule has 1 aliphatic carbocycles. The molecule has 1 aromatic heterocycles. The molecule has 1 fully saturated rings. The fourth-order valence-corrected chi connectivity index (χ4v) is 3.09. The van der Waals surface area contributed by atoms with E-state index in [1.54, 1.807) is 4.68 Å². The van der Waals surface area contributed by atoms with Crippen molar-refractivity contribution >= 4 is 15.7 Å². The molecule has 0 aliphatic heterocycles. The Bertz CT molecular complexity index is 648. The number of carbonyl (C=O) groups excluding carboxylic acids is 1. The Hall–Kier alpha value is -1.51. The Morgan fingerprint density at radius 1 is 1.45 bits per heavy atom. The van der Waals surface area contributed by atoms with E-state index in [1.807, 2.05) is 20.8 Å². The number of rotatable bonds is 7. The largest absolute Gasteiger partial charge is 0.350 e. The van der Waals surface area contributed by atoms with Gasteiger partial charge in [-0.2, -0.15) is 0 Å². The predicted octanol–water partition coefficient (Wildman–Crippen LogP) is 0.616. The number of aromatic nitrogens is 4.